The number of nitrogens with one attached hydrogen (secondary N) is 1. The van der Waals surface area contributed by atoms with Crippen LogP contribution in [0.2, 0.25) is 0 Å². The van der Waals surface area contributed by atoms with Crippen molar-refractivity contribution >= 4 is 17.6 Å². The molecule has 2 N–H and O–H groups in total. The second-order valence-electron chi connectivity index (χ2n) is 5.65. The van der Waals surface area contributed by atoms with Gasteiger partial charge in [0, 0.05) is 17.7 Å². The quantitative estimate of drug-likeness (QED) is 0.705. The van der Waals surface area contributed by atoms with Crippen molar-refractivity contribution in [2.75, 3.05) is 5.32 Å². The lowest BCUT2D eigenvalue weighted by Crippen LogP contribution is -2.05. The van der Waals surface area contributed by atoms with E-state index in [1.807, 2.05) is 6.92 Å². The summed E-state index contributed by atoms with van der Waals surface area (Å²) in [4.78, 5) is 23.9. The van der Waals surface area contributed by atoms with Gasteiger partial charge in [-0.25, -0.2) is 9.37 Å². The van der Waals surface area contributed by atoms with E-state index in [4.69, 9.17) is 5.11 Å². The maximum absolute atomic E-state index is 13.1. The van der Waals surface area contributed by atoms with E-state index in [0.717, 1.165) is 5.69 Å². The van der Waals surface area contributed by atoms with Gasteiger partial charge in [-0.3, -0.25) is 4.79 Å². The van der Waals surface area contributed by atoms with Crippen LogP contribution in [0, 0.1) is 5.82 Å². The lowest BCUT2D eigenvalue weighted by Gasteiger charge is -2.09. The first kappa shape index (κ1) is 17.5. The summed E-state index contributed by atoms with van der Waals surface area (Å²) in [7, 11) is 0. The summed E-state index contributed by atoms with van der Waals surface area (Å²) in [6, 6.07) is 13.0. The molecule has 0 bridgehead atoms. The van der Waals surface area contributed by atoms with Crippen molar-refractivity contribution < 1.29 is 14.3 Å². The van der Waals surface area contributed by atoms with Gasteiger partial charge in [-0.2, -0.15) is 9.97 Å². The summed E-state index contributed by atoms with van der Waals surface area (Å²) in [6.45, 7) is 1.94. The summed E-state index contributed by atoms with van der Waals surface area (Å²) in [5, 5.41) is 11.9. The van der Waals surface area contributed by atoms with Crippen molar-refractivity contribution in [1.29, 1.82) is 0 Å². The molecule has 0 unspecified atom stereocenters. The summed E-state index contributed by atoms with van der Waals surface area (Å²) < 4.78 is 13.1. The predicted molar refractivity (Wildman–Crippen MR) is 95.7 cm³/mol. The Kier molecular flexibility index (Phi) is 5.17. The van der Waals surface area contributed by atoms with Gasteiger partial charge in [-0.05, 0) is 42.0 Å². The average molecular weight is 352 g/mol. The molecule has 26 heavy (non-hydrogen) atoms. The van der Waals surface area contributed by atoms with Gasteiger partial charge in [-0.1, -0.05) is 19.1 Å². The first-order valence-corrected chi connectivity index (χ1v) is 8.12. The van der Waals surface area contributed by atoms with Crippen molar-refractivity contribution in [2.24, 2.45) is 0 Å². The van der Waals surface area contributed by atoms with Crippen LogP contribution in [0.25, 0.3) is 11.4 Å². The fraction of sp³-hybridized carbons (Fsp3) is 0.158. The molecule has 0 atom stereocenters. The fourth-order valence-corrected chi connectivity index (χ4v) is 2.37. The van der Waals surface area contributed by atoms with E-state index in [1.165, 1.54) is 12.1 Å². The summed E-state index contributed by atoms with van der Waals surface area (Å²) in [5.74, 6) is 0.256. The second-order valence-corrected chi connectivity index (χ2v) is 5.65. The van der Waals surface area contributed by atoms with Crippen molar-refractivity contribution in [3.63, 3.8) is 0 Å². The number of nitrogens with zero attached hydrogens (tertiary/aromatic N) is 3. The van der Waals surface area contributed by atoms with Gasteiger partial charge in [0.1, 0.15) is 11.6 Å². The van der Waals surface area contributed by atoms with E-state index in [1.54, 1.807) is 36.4 Å². The molecule has 0 spiro atoms. The lowest BCUT2D eigenvalue weighted by atomic mass is 10.1. The number of aliphatic carboxylic acids is 1. The third-order valence-corrected chi connectivity index (χ3v) is 3.67. The molecule has 0 amide bonds. The number of benzene rings is 2. The van der Waals surface area contributed by atoms with Crippen LogP contribution in [-0.4, -0.2) is 26.0 Å². The molecule has 6 nitrogen and oxygen atoms in total. The van der Waals surface area contributed by atoms with Gasteiger partial charge in [-0.15, -0.1) is 0 Å². The second kappa shape index (κ2) is 7.69. The smallest absolute Gasteiger partial charge is 0.307 e. The third-order valence-electron chi connectivity index (χ3n) is 3.67. The highest BCUT2D eigenvalue weighted by Crippen LogP contribution is 2.20. The Hall–Kier alpha value is -3.35. The minimum atomic E-state index is -0.875. The van der Waals surface area contributed by atoms with Crippen molar-refractivity contribution in [3.8, 4) is 11.4 Å². The molecule has 0 fully saturated rings. The van der Waals surface area contributed by atoms with Crippen molar-refractivity contribution in [1.82, 2.24) is 15.0 Å². The van der Waals surface area contributed by atoms with E-state index >= 15 is 0 Å². The van der Waals surface area contributed by atoms with E-state index in [0.29, 0.717) is 35.1 Å². The number of aryl methyl sites for hydroxylation is 1. The predicted octanol–water partition coefficient (Wildman–Crippen LogP) is 3.61. The maximum Gasteiger partial charge on any atom is 0.307 e. The van der Waals surface area contributed by atoms with E-state index < -0.39 is 5.97 Å². The number of hydrogen-bond acceptors (Lipinski definition) is 5. The Morgan fingerprint density at radius 2 is 1.73 bits per heavy atom. The minimum absolute atomic E-state index is 0.0270. The topological polar surface area (TPSA) is 88.0 Å². The number of carboxylic acids is 1. The number of halogens is 1. The van der Waals surface area contributed by atoms with Crippen LogP contribution in [-0.2, 0) is 17.6 Å². The van der Waals surface area contributed by atoms with Crippen LogP contribution >= 0.6 is 0 Å². The van der Waals surface area contributed by atoms with Crippen molar-refractivity contribution in [3.05, 3.63) is 65.7 Å². The van der Waals surface area contributed by atoms with Gasteiger partial charge in [0.25, 0.3) is 0 Å². The van der Waals surface area contributed by atoms with E-state index in [-0.39, 0.29) is 12.2 Å². The van der Waals surface area contributed by atoms with Crippen LogP contribution in [0.1, 0.15) is 18.3 Å². The summed E-state index contributed by atoms with van der Waals surface area (Å²) >= 11 is 0. The molecular formula is C19H17FN4O2. The highest BCUT2D eigenvalue weighted by molar-refractivity contribution is 5.70. The minimum Gasteiger partial charge on any atom is -0.481 e. The zero-order valence-electron chi connectivity index (χ0n) is 14.1. The molecule has 0 aliphatic carbocycles. The normalized spacial score (nSPS) is 10.5. The number of aromatic nitrogens is 3. The van der Waals surface area contributed by atoms with Crippen LogP contribution < -0.4 is 5.32 Å². The molecule has 2 aromatic carbocycles. The molecule has 0 aliphatic heterocycles. The number of carboxylic acid groups (broad SMARTS) is 1. The molecule has 3 aromatic rings. The molecule has 0 aliphatic rings. The van der Waals surface area contributed by atoms with Crippen LogP contribution in [0.15, 0.2) is 48.5 Å². The molecular weight excluding hydrogens is 335 g/mol. The molecule has 3 rings (SSSR count). The summed E-state index contributed by atoms with van der Waals surface area (Å²) in [6.07, 6.45) is 0.601. The third kappa shape index (κ3) is 4.38. The van der Waals surface area contributed by atoms with Crippen LogP contribution in [0.5, 0.6) is 0 Å². The monoisotopic (exact) mass is 352 g/mol. The molecule has 1 heterocycles. The highest BCUT2D eigenvalue weighted by Gasteiger charge is 2.09. The van der Waals surface area contributed by atoms with E-state index in [9.17, 15) is 9.18 Å². The van der Waals surface area contributed by atoms with Gasteiger partial charge in [0.15, 0.2) is 5.82 Å². The van der Waals surface area contributed by atoms with Gasteiger partial charge >= 0.3 is 5.97 Å². The zero-order chi connectivity index (χ0) is 18.5. The Bertz CT molecular complexity index is 912. The Labute approximate surface area is 149 Å². The Balaban J connectivity index is 1.86. The summed E-state index contributed by atoms with van der Waals surface area (Å²) in [5.41, 5.74) is 2.14. The standard InChI is InChI=1S/C19H17FN4O2/c1-2-16-22-18(13-5-7-14(20)8-6-13)24-19(23-16)21-15-9-3-12(4-10-15)11-17(25)26/h3-10H,2,11H2,1H3,(H,25,26)(H,21,22,23,24). The van der Waals surface area contributed by atoms with Gasteiger partial charge in [0.05, 0.1) is 6.42 Å². The number of carbonyl (C=O) groups is 1. The Morgan fingerprint density at radius 3 is 2.35 bits per heavy atom. The molecule has 0 saturated carbocycles. The lowest BCUT2D eigenvalue weighted by molar-refractivity contribution is -0.136. The largest absolute Gasteiger partial charge is 0.481 e. The zero-order valence-corrected chi connectivity index (χ0v) is 14.1. The molecule has 1 aromatic heterocycles. The van der Waals surface area contributed by atoms with Gasteiger partial charge in [0.2, 0.25) is 5.95 Å². The highest BCUT2D eigenvalue weighted by atomic mass is 19.1. The van der Waals surface area contributed by atoms with Crippen LogP contribution in [0.3, 0.4) is 0 Å². The number of hydrogen-bond donors (Lipinski definition) is 2. The fourth-order valence-electron chi connectivity index (χ4n) is 2.37. The first-order chi connectivity index (χ1) is 12.5. The average Bonchev–Trinajstić information content (AvgIpc) is 2.63. The van der Waals surface area contributed by atoms with Crippen molar-refractivity contribution in [2.45, 2.75) is 19.8 Å². The van der Waals surface area contributed by atoms with Gasteiger partial charge < -0.3 is 10.4 Å². The maximum atomic E-state index is 13.1. The number of rotatable bonds is 6. The molecule has 132 valence electrons. The number of anilines is 2. The Morgan fingerprint density at radius 1 is 1.04 bits per heavy atom. The molecule has 0 radical (unpaired) electrons. The molecule has 0 saturated heterocycles. The SMILES string of the molecule is CCc1nc(Nc2ccc(CC(=O)O)cc2)nc(-c2ccc(F)cc2)n1. The van der Waals surface area contributed by atoms with Crippen LogP contribution in [0.4, 0.5) is 16.0 Å². The first-order valence-electron chi connectivity index (χ1n) is 8.12. The van der Waals surface area contributed by atoms with E-state index in [2.05, 4.69) is 20.3 Å². The molecule has 7 heteroatoms.